The largest absolute Gasteiger partial charge is 0.497 e. The number of imide groups is 1. The molecule has 0 aromatic heterocycles. The van der Waals surface area contributed by atoms with Crippen LogP contribution in [0.4, 0.5) is 4.79 Å². The van der Waals surface area contributed by atoms with Crippen LogP contribution in [0.5, 0.6) is 5.75 Å². The molecule has 2 heterocycles. The monoisotopic (exact) mass is 421 g/mol. The lowest BCUT2D eigenvalue weighted by Gasteiger charge is -2.30. The molecule has 0 aliphatic carbocycles. The second kappa shape index (κ2) is 8.41. The maximum atomic E-state index is 13.0. The summed E-state index contributed by atoms with van der Waals surface area (Å²) in [4.78, 5) is 41.2. The van der Waals surface area contributed by atoms with Gasteiger partial charge in [-0.25, -0.2) is 4.79 Å². The SMILES string of the molecule is COc1ccc(CCC2(C)NC(=O)N(CC(=O)N3CCc4ccccc4C3)C2=O)cc1. The first-order chi connectivity index (χ1) is 14.9. The Labute approximate surface area is 182 Å². The van der Waals surface area contributed by atoms with E-state index < -0.39 is 11.6 Å². The summed E-state index contributed by atoms with van der Waals surface area (Å²) in [5.74, 6) is 0.208. The molecular weight excluding hydrogens is 394 g/mol. The van der Waals surface area contributed by atoms with Crippen molar-refractivity contribution in [3.63, 3.8) is 0 Å². The quantitative estimate of drug-likeness (QED) is 0.727. The van der Waals surface area contributed by atoms with Crippen LogP contribution in [0.1, 0.15) is 30.0 Å². The molecule has 0 radical (unpaired) electrons. The minimum Gasteiger partial charge on any atom is -0.497 e. The smallest absolute Gasteiger partial charge is 0.325 e. The molecule has 0 saturated carbocycles. The summed E-state index contributed by atoms with van der Waals surface area (Å²) in [5.41, 5.74) is 2.38. The Morgan fingerprint density at radius 3 is 2.52 bits per heavy atom. The Morgan fingerprint density at radius 1 is 1.10 bits per heavy atom. The van der Waals surface area contributed by atoms with Crippen LogP contribution < -0.4 is 10.1 Å². The molecule has 0 spiro atoms. The highest BCUT2D eigenvalue weighted by Crippen LogP contribution is 2.25. The zero-order chi connectivity index (χ0) is 22.0. The van der Waals surface area contributed by atoms with E-state index in [1.54, 1.807) is 18.9 Å². The number of nitrogens with zero attached hydrogens (tertiary/aromatic N) is 2. The van der Waals surface area contributed by atoms with Gasteiger partial charge < -0.3 is 15.0 Å². The number of methoxy groups -OCH3 is 1. The standard InChI is InChI=1S/C24H27N3O4/c1-24(13-11-17-7-9-20(31-2)10-8-17)22(29)27(23(30)25-24)16-21(28)26-14-12-18-5-3-4-6-19(18)15-26/h3-10H,11-16H2,1-2H3,(H,25,30). The van der Waals surface area contributed by atoms with Crippen molar-refractivity contribution >= 4 is 17.8 Å². The number of amides is 4. The fourth-order valence-corrected chi connectivity index (χ4v) is 4.19. The van der Waals surface area contributed by atoms with E-state index >= 15 is 0 Å². The molecule has 31 heavy (non-hydrogen) atoms. The van der Waals surface area contributed by atoms with Crippen molar-refractivity contribution in [3.8, 4) is 5.75 Å². The molecule has 4 amide bonds. The summed E-state index contributed by atoms with van der Waals surface area (Å²) in [6, 6.07) is 15.2. The predicted molar refractivity (Wildman–Crippen MR) is 116 cm³/mol. The lowest BCUT2D eigenvalue weighted by Crippen LogP contribution is -2.46. The Balaban J connectivity index is 1.37. The van der Waals surface area contributed by atoms with Crippen LogP contribution in [-0.2, 0) is 29.0 Å². The van der Waals surface area contributed by atoms with Gasteiger partial charge in [0, 0.05) is 13.1 Å². The molecule has 2 aromatic carbocycles. The number of hydrogen-bond acceptors (Lipinski definition) is 4. The minimum atomic E-state index is -1.02. The first kappa shape index (κ1) is 20.9. The van der Waals surface area contributed by atoms with Gasteiger partial charge in [0.2, 0.25) is 5.91 Å². The number of rotatable bonds is 6. The predicted octanol–water partition coefficient (Wildman–Crippen LogP) is 2.52. The molecule has 1 atom stereocenters. The normalized spacial score (nSPS) is 20.5. The summed E-state index contributed by atoms with van der Waals surface area (Å²) in [7, 11) is 1.61. The number of urea groups is 1. The summed E-state index contributed by atoms with van der Waals surface area (Å²) >= 11 is 0. The van der Waals surface area contributed by atoms with Crippen molar-refractivity contribution in [1.29, 1.82) is 0 Å². The Kier molecular flexibility index (Phi) is 5.67. The van der Waals surface area contributed by atoms with Crippen molar-refractivity contribution in [2.75, 3.05) is 20.2 Å². The van der Waals surface area contributed by atoms with Crippen molar-refractivity contribution in [1.82, 2.24) is 15.1 Å². The highest BCUT2D eigenvalue weighted by atomic mass is 16.5. The van der Waals surface area contributed by atoms with Crippen LogP contribution in [0, 0.1) is 0 Å². The average molecular weight is 421 g/mol. The first-order valence-corrected chi connectivity index (χ1v) is 10.5. The van der Waals surface area contributed by atoms with E-state index in [2.05, 4.69) is 11.4 Å². The van der Waals surface area contributed by atoms with Gasteiger partial charge in [-0.1, -0.05) is 36.4 Å². The van der Waals surface area contributed by atoms with E-state index in [-0.39, 0.29) is 18.4 Å². The van der Waals surface area contributed by atoms with Crippen LogP contribution in [0.15, 0.2) is 48.5 Å². The first-order valence-electron chi connectivity index (χ1n) is 10.5. The summed E-state index contributed by atoms with van der Waals surface area (Å²) in [6.07, 6.45) is 1.85. The number of ether oxygens (including phenoxy) is 1. The molecule has 1 saturated heterocycles. The molecule has 2 aliphatic rings. The van der Waals surface area contributed by atoms with E-state index in [9.17, 15) is 14.4 Å². The van der Waals surface area contributed by atoms with Gasteiger partial charge in [0.05, 0.1) is 7.11 Å². The van der Waals surface area contributed by atoms with Crippen molar-refractivity contribution < 1.29 is 19.1 Å². The Hall–Kier alpha value is -3.35. The van der Waals surface area contributed by atoms with Gasteiger partial charge in [-0.2, -0.15) is 0 Å². The molecular formula is C24H27N3O4. The molecule has 1 fully saturated rings. The topological polar surface area (TPSA) is 79.0 Å². The van der Waals surface area contributed by atoms with E-state index in [1.807, 2.05) is 42.5 Å². The summed E-state index contributed by atoms with van der Waals surface area (Å²) in [6.45, 7) is 2.59. The molecule has 7 nitrogen and oxygen atoms in total. The van der Waals surface area contributed by atoms with Crippen LogP contribution >= 0.6 is 0 Å². The lowest BCUT2D eigenvalue weighted by molar-refractivity contribution is -0.139. The highest BCUT2D eigenvalue weighted by Gasteiger charge is 2.48. The van der Waals surface area contributed by atoms with Gasteiger partial charge in [-0.3, -0.25) is 14.5 Å². The lowest BCUT2D eigenvalue weighted by atomic mass is 9.93. The molecule has 2 aromatic rings. The molecule has 2 aliphatic heterocycles. The second-order valence-electron chi connectivity index (χ2n) is 8.34. The number of benzene rings is 2. The van der Waals surface area contributed by atoms with Gasteiger partial charge in [0.1, 0.15) is 17.8 Å². The number of nitrogens with one attached hydrogen (secondary N) is 1. The van der Waals surface area contributed by atoms with E-state index in [0.29, 0.717) is 25.9 Å². The maximum Gasteiger partial charge on any atom is 0.325 e. The molecule has 7 heteroatoms. The summed E-state index contributed by atoms with van der Waals surface area (Å²) in [5, 5.41) is 2.79. The van der Waals surface area contributed by atoms with E-state index in [1.165, 1.54) is 5.56 Å². The highest BCUT2D eigenvalue weighted by molar-refractivity contribution is 6.08. The van der Waals surface area contributed by atoms with Crippen LogP contribution in [-0.4, -0.2) is 53.4 Å². The third kappa shape index (κ3) is 4.26. The van der Waals surface area contributed by atoms with Gasteiger partial charge in [-0.15, -0.1) is 0 Å². The zero-order valence-corrected chi connectivity index (χ0v) is 17.9. The summed E-state index contributed by atoms with van der Waals surface area (Å²) < 4.78 is 5.16. The fourth-order valence-electron chi connectivity index (χ4n) is 4.19. The molecule has 162 valence electrons. The van der Waals surface area contributed by atoms with E-state index in [0.717, 1.165) is 28.2 Å². The van der Waals surface area contributed by atoms with Crippen LogP contribution in [0.25, 0.3) is 0 Å². The third-order valence-electron chi connectivity index (χ3n) is 6.19. The number of hydrogen-bond donors (Lipinski definition) is 1. The molecule has 4 rings (SSSR count). The molecule has 0 bridgehead atoms. The Bertz CT molecular complexity index is 1000. The van der Waals surface area contributed by atoms with Gasteiger partial charge in [0.15, 0.2) is 0 Å². The minimum absolute atomic E-state index is 0.211. The second-order valence-corrected chi connectivity index (χ2v) is 8.34. The van der Waals surface area contributed by atoms with Crippen molar-refractivity contribution in [2.45, 2.75) is 38.3 Å². The zero-order valence-electron chi connectivity index (χ0n) is 17.9. The fraction of sp³-hybridized carbons (Fsp3) is 0.375. The third-order valence-corrected chi connectivity index (χ3v) is 6.19. The number of carbonyl (C=O) groups excluding carboxylic acids is 3. The van der Waals surface area contributed by atoms with Gasteiger partial charge in [-0.05, 0) is 55.0 Å². The van der Waals surface area contributed by atoms with E-state index in [4.69, 9.17) is 4.74 Å². The van der Waals surface area contributed by atoms with Gasteiger partial charge in [0.25, 0.3) is 5.91 Å². The van der Waals surface area contributed by atoms with Crippen LogP contribution in [0.3, 0.4) is 0 Å². The van der Waals surface area contributed by atoms with Crippen molar-refractivity contribution in [2.24, 2.45) is 0 Å². The van der Waals surface area contributed by atoms with Gasteiger partial charge >= 0.3 is 6.03 Å². The maximum absolute atomic E-state index is 13.0. The number of fused-ring (bicyclic) bond motifs is 1. The molecule has 1 unspecified atom stereocenters. The van der Waals surface area contributed by atoms with Crippen LogP contribution in [0.2, 0.25) is 0 Å². The van der Waals surface area contributed by atoms with Crippen molar-refractivity contribution in [3.05, 3.63) is 65.2 Å². The number of carbonyl (C=O) groups is 3. The average Bonchev–Trinajstić information content (AvgIpc) is 3.01. The molecule has 1 N–H and O–H groups in total. The number of aryl methyl sites for hydroxylation is 1. The Morgan fingerprint density at radius 2 is 1.81 bits per heavy atom.